The Kier molecular flexibility index (Phi) is 8.56. The topological polar surface area (TPSA) is 73.9 Å². The van der Waals surface area contributed by atoms with Gasteiger partial charge in [0.2, 0.25) is 0 Å². The molecule has 1 fully saturated rings. The van der Waals surface area contributed by atoms with Gasteiger partial charge in [0.05, 0.1) is 18.4 Å². The summed E-state index contributed by atoms with van der Waals surface area (Å²) in [7, 11) is 1.68. The van der Waals surface area contributed by atoms with Crippen LogP contribution in [0.5, 0.6) is 5.75 Å². The van der Waals surface area contributed by atoms with Crippen molar-refractivity contribution in [2.75, 3.05) is 55.0 Å². The molecule has 0 bridgehead atoms. The molecule has 0 aromatic heterocycles. The summed E-state index contributed by atoms with van der Waals surface area (Å²) in [4.78, 5) is 30.5. The first-order valence-corrected chi connectivity index (χ1v) is 12.9. The van der Waals surface area contributed by atoms with E-state index in [1.165, 1.54) is 0 Å². The van der Waals surface area contributed by atoms with E-state index < -0.39 is 0 Å². The summed E-state index contributed by atoms with van der Waals surface area (Å²) >= 11 is 6.04. The summed E-state index contributed by atoms with van der Waals surface area (Å²) in [6.45, 7) is 7.76. The molecule has 37 heavy (non-hydrogen) atoms. The van der Waals surface area contributed by atoms with Crippen molar-refractivity contribution in [3.63, 3.8) is 0 Å². The average molecular weight is 521 g/mol. The third-order valence-corrected chi connectivity index (χ3v) is 6.54. The molecule has 1 aliphatic heterocycles. The van der Waals surface area contributed by atoms with Crippen molar-refractivity contribution < 1.29 is 14.3 Å². The largest absolute Gasteiger partial charge is 0.495 e. The van der Waals surface area contributed by atoms with Crippen molar-refractivity contribution in [3.05, 3.63) is 82.9 Å². The SMILES string of the molecule is COc1ccccc1N1CCN(c2ccc(NC(=O)c3cccc(Cl)c3)cc2C(=O)NCC(C)C)CC1. The number of halogens is 1. The molecule has 0 aliphatic carbocycles. The lowest BCUT2D eigenvalue weighted by Crippen LogP contribution is -2.47. The zero-order valence-electron chi connectivity index (χ0n) is 21.5. The van der Waals surface area contributed by atoms with Crippen LogP contribution in [0.3, 0.4) is 0 Å². The first-order chi connectivity index (χ1) is 17.9. The highest BCUT2D eigenvalue weighted by molar-refractivity contribution is 6.31. The second-order valence-electron chi connectivity index (χ2n) is 9.45. The van der Waals surface area contributed by atoms with Gasteiger partial charge in [-0.3, -0.25) is 9.59 Å². The van der Waals surface area contributed by atoms with Crippen LogP contribution in [0.2, 0.25) is 5.02 Å². The van der Waals surface area contributed by atoms with Crippen molar-refractivity contribution in [1.29, 1.82) is 0 Å². The summed E-state index contributed by atoms with van der Waals surface area (Å²) in [5.74, 6) is 0.732. The number of methoxy groups -OCH3 is 1. The van der Waals surface area contributed by atoms with Crippen LogP contribution in [0.15, 0.2) is 66.7 Å². The molecule has 0 saturated carbocycles. The van der Waals surface area contributed by atoms with Crippen molar-refractivity contribution in [2.45, 2.75) is 13.8 Å². The number of ether oxygens (including phenoxy) is 1. The van der Waals surface area contributed by atoms with E-state index in [2.05, 4.69) is 40.3 Å². The number of hydrogen-bond donors (Lipinski definition) is 2. The molecule has 0 radical (unpaired) electrons. The van der Waals surface area contributed by atoms with E-state index in [4.69, 9.17) is 16.3 Å². The predicted octanol–water partition coefficient (Wildman–Crippen LogP) is 5.31. The Hall–Kier alpha value is -3.71. The third kappa shape index (κ3) is 6.54. The predicted molar refractivity (Wildman–Crippen MR) is 150 cm³/mol. The van der Waals surface area contributed by atoms with Gasteiger partial charge in [-0.15, -0.1) is 0 Å². The first kappa shape index (κ1) is 26.4. The number of carbonyl (C=O) groups is 2. The number of benzene rings is 3. The average Bonchev–Trinajstić information content (AvgIpc) is 2.91. The summed E-state index contributed by atoms with van der Waals surface area (Å²) < 4.78 is 5.54. The van der Waals surface area contributed by atoms with Gasteiger partial charge in [0.25, 0.3) is 11.8 Å². The second kappa shape index (κ2) is 12.0. The standard InChI is InChI=1S/C29H33ClN4O3/c1-20(2)19-31-29(36)24-18-23(32-28(35)21-7-6-8-22(30)17-21)11-12-25(24)33-13-15-34(16-14-33)26-9-4-5-10-27(26)37-3/h4-12,17-18,20H,13-16,19H2,1-3H3,(H,31,36)(H,32,35). The third-order valence-electron chi connectivity index (χ3n) is 6.30. The Morgan fingerprint density at radius 3 is 2.27 bits per heavy atom. The highest BCUT2D eigenvalue weighted by Crippen LogP contribution is 2.31. The number of nitrogens with one attached hydrogen (secondary N) is 2. The quantitative estimate of drug-likeness (QED) is 0.421. The molecule has 0 unspecified atom stereocenters. The van der Waals surface area contributed by atoms with E-state index >= 15 is 0 Å². The Morgan fingerprint density at radius 2 is 1.59 bits per heavy atom. The maximum Gasteiger partial charge on any atom is 0.255 e. The molecule has 7 nitrogen and oxygen atoms in total. The van der Waals surface area contributed by atoms with E-state index in [1.807, 2.05) is 30.3 Å². The van der Waals surface area contributed by atoms with Gasteiger partial charge in [-0.25, -0.2) is 0 Å². The summed E-state index contributed by atoms with van der Waals surface area (Å²) in [6.07, 6.45) is 0. The molecule has 194 valence electrons. The highest BCUT2D eigenvalue weighted by atomic mass is 35.5. The fraction of sp³-hybridized carbons (Fsp3) is 0.310. The van der Waals surface area contributed by atoms with Crippen molar-refractivity contribution in [2.24, 2.45) is 5.92 Å². The monoisotopic (exact) mass is 520 g/mol. The number of hydrogen-bond acceptors (Lipinski definition) is 5. The zero-order valence-corrected chi connectivity index (χ0v) is 22.2. The molecule has 1 aliphatic rings. The first-order valence-electron chi connectivity index (χ1n) is 12.5. The number of amides is 2. The molecule has 1 saturated heterocycles. The van der Waals surface area contributed by atoms with Crippen molar-refractivity contribution in [1.82, 2.24) is 5.32 Å². The number of para-hydroxylation sites is 2. The Balaban J connectivity index is 1.55. The van der Waals surface area contributed by atoms with Crippen LogP contribution in [-0.2, 0) is 0 Å². The fourth-order valence-corrected chi connectivity index (χ4v) is 4.57. The maximum absolute atomic E-state index is 13.2. The molecular weight excluding hydrogens is 488 g/mol. The number of piperazine rings is 1. The lowest BCUT2D eigenvalue weighted by molar-refractivity contribution is 0.0948. The fourth-order valence-electron chi connectivity index (χ4n) is 4.38. The van der Waals surface area contributed by atoms with Crippen molar-refractivity contribution >= 4 is 40.5 Å². The molecule has 3 aromatic rings. The van der Waals surface area contributed by atoms with Gasteiger partial charge >= 0.3 is 0 Å². The lowest BCUT2D eigenvalue weighted by atomic mass is 10.1. The number of nitrogens with zero attached hydrogens (tertiary/aromatic N) is 2. The minimum atomic E-state index is -0.283. The van der Waals surface area contributed by atoms with Gasteiger partial charge in [0.1, 0.15) is 5.75 Å². The van der Waals surface area contributed by atoms with Crippen LogP contribution in [-0.4, -0.2) is 51.6 Å². The molecule has 2 N–H and O–H groups in total. The van der Waals surface area contributed by atoms with Crippen LogP contribution in [0.25, 0.3) is 0 Å². The normalized spacial score (nSPS) is 13.4. The smallest absolute Gasteiger partial charge is 0.255 e. The van der Waals surface area contributed by atoms with Crippen LogP contribution >= 0.6 is 11.6 Å². The Morgan fingerprint density at radius 1 is 0.892 bits per heavy atom. The van der Waals surface area contributed by atoms with E-state index in [9.17, 15) is 9.59 Å². The highest BCUT2D eigenvalue weighted by Gasteiger charge is 2.24. The number of anilines is 3. The maximum atomic E-state index is 13.2. The van der Waals surface area contributed by atoms with Gasteiger partial charge in [-0.2, -0.15) is 0 Å². The van der Waals surface area contributed by atoms with Gasteiger partial charge in [-0.05, 0) is 54.4 Å². The van der Waals surface area contributed by atoms with Gasteiger partial charge in [-0.1, -0.05) is 43.6 Å². The van der Waals surface area contributed by atoms with E-state index in [1.54, 1.807) is 37.4 Å². The lowest BCUT2D eigenvalue weighted by Gasteiger charge is -2.38. The second-order valence-corrected chi connectivity index (χ2v) is 9.88. The van der Waals surface area contributed by atoms with Crippen molar-refractivity contribution in [3.8, 4) is 5.75 Å². The Bertz CT molecular complexity index is 1260. The van der Waals surface area contributed by atoms with E-state index in [-0.39, 0.29) is 11.8 Å². The molecule has 4 rings (SSSR count). The molecule has 3 aromatic carbocycles. The van der Waals surface area contributed by atoms with Gasteiger partial charge in [0.15, 0.2) is 0 Å². The Labute approximate surface area is 223 Å². The molecular formula is C29H33ClN4O3. The summed E-state index contributed by atoms with van der Waals surface area (Å²) in [5.41, 5.74) is 3.46. The van der Waals surface area contributed by atoms with Gasteiger partial charge < -0.3 is 25.2 Å². The minimum Gasteiger partial charge on any atom is -0.495 e. The summed E-state index contributed by atoms with van der Waals surface area (Å²) in [5, 5.41) is 6.41. The van der Waals surface area contributed by atoms with E-state index in [0.29, 0.717) is 34.3 Å². The van der Waals surface area contributed by atoms with Crippen LogP contribution in [0.4, 0.5) is 17.1 Å². The minimum absolute atomic E-state index is 0.158. The molecule has 0 atom stereocenters. The summed E-state index contributed by atoms with van der Waals surface area (Å²) in [6, 6.07) is 20.3. The van der Waals surface area contributed by atoms with E-state index in [0.717, 1.165) is 43.3 Å². The zero-order chi connectivity index (χ0) is 26.4. The van der Waals surface area contributed by atoms with Gasteiger partial charge in [0, 0.05) is 54.7 Å². The molecule has 2 amide bonds. The molecule has 1 heterocycles. The van der Waals surface area contributed by atoms with Crippen LogP contribution in [0, 0.1) is 5.92 Å². The van der Waals surface area contributed by atoms with Crippen LogP contribution in [0.1, 0.15) is 34.6 Å². The molecule has 0 spiro atoms. The number of rotatable bonds is 8. The number of carbonyl (C=O) groups excluding carboxylic acids is 2. The van der Waals surface area contributed by atoms with Crippen LogP contribution < -0.4 is 25.2 Å². The molecule has 8 heteroatoms.